The van der Waals surface area contributed by atoms with Gasteiger partial charge in [-0.15, -0.1) is 0 Å². The normalized spacial score (nSPS) is 10.3. The Kier molecular flexibility index (Phi) is 4.27. The van der Waals surface area contributed by atoms with Gasteiger partial charge < -0.3 is 15.2 Å². The maximum atomic E-state index is 12.9. The number of rotatable bonds is 4. The highest BCUT2D eigenvalue weighted by Gasteiger charge is 2.04. The zero-order valence-electron chi connectivity index (χ0n) is 10.3. The summed E-state index contributed by atoms with van der Waals surface area (Å²) in [6, 6.07) is 9.66. The summed E-state index contributed by atoms with van der Waals surface area (Å²) in [6.45, 7) is 0.325. The molecular formula is C14H13BrFNO2. The summed E-state index contributed by atoms with van der Waals surface area (Å²) in [6.07, 6.45) is 0. The van der Waals surface area contributed by atoms with Gasteiger partial charge in [0, 0.05) is 11.8 Å². The summed E-state index contributed by atoms with van der Waals surface area (Å²) in [4.78, 5) is 0. The van der Waals surface area contributed by atoms with E-state index in [4.69, 9.17) is 15.2 Å². The molecule has 19 heavy (non-hydrogen) atoms. The molecule has 0 bridgehead atoms. The molecule has 100 valence electrons. The Morgan fingerprint density at radius 3 is 2.68 bits per heavy atom. The molecule has 0 amide bonds. The maximum Gasteiger partial charge on any atom is 0.134 e. The van der Waals surface area contributed by atoms with Crippen LogP contribution in [0.25, 0.3) is 0 Å². The van der Waals surface area contributed by atoms with Gasteiger partial charge in [0.15, 0.2) is 0 Å². The Hall–Kier alpha value is -1.75. The van der Waals surface area contributed by atoms with Gasteiger partial charge in [0.25, 0.3) is 0 Å². The predicted octanol–water partition coefficient (Wildman–Crippen LogP) is 3.76. The van der Waals surface area contributed by atoms with E-state index in [9.17, 15) is 4.39 Å². The van der Waals surface area contributed by atoms with Crippen molar-refractivity contribution >= 4 is 21.6 Å². The summed E-state index contributed by atoms with van der Waals surface area (Å²) in [5, 5.41) is 0. The Bertz CT molecular complexity index is 590. The van der Waals surface area contributed by atoms with E-state index in [1.807, 2.05) is 6.07 Å². The second kappa shape index (κ2) is 5.93. The van der Waals surface area contributed by atoms with Crippen LogP contribution in [0.2, 0.25) is 0 Å². The van der Waals surface area contributed by atoms with E-state index in [1.54, 1.807) is 25.3 Å². The van der Waals surface area contributed by atoms with E-state index in [0.717, 1.165) is 5.56 Å². The first kappa shape index (κ1) is 13.7. The molecule has 3 nitrogen and oxygen atoms in total. The average Bonchev–Trinajstić information content (AvgIpc) is 2.37. The molecule has 0 atom stereocenters. The van der Waals surface area contributed by atoms with E-state index >= 15 is 0 Å². The van der Waals surface area contributed by atoms with Crippen molar-refractivity contribution in [1.29, 1.82) is 0 Å². The van der Waals surface area contributed by atoms with Crippen LogP contribution in [0.15, 0.2) is 40.9 Å². The van der Waals surface area contributed by atoms with E-state index in [2.05, 4.69) is 15.9 Å². The molecule has 0 heterocycles. The van der Waals surface area contributed by atoms with Crippen molar-refractivity contribution in [2.75, 3.05) is 12.8 Å². The van der Waals surface area contributed by atoms with Crippen molar-refractivity contribution < 1.29 is 13.9 Å². The Balaban J connectivity index is 2.12. The van der Waals surface area contributed by atoms with Crippen molar-refractivity contribution in [1.82, 2.24) is 0 Å². The lowest BCUT2D eigenvalue weighted by molar-refractivity contribution is 0.303. The van der Waals surface area contributed by atoms with Gasteiger partial charge in [0.1, 0.15) is 23.9 Å². The van der Waals surface area contributed by atoms with Gasteiger partial charge in [-0.2, -0.15) is 0 Å². The molecule has 0 saturated heterocycles. The van der Waals surface area contributed by atoms with Crippen LogP contribution in [-0.2, 0) is 6.61 Å². The minimum absolute atomic E-state index is 0.315. The van der Waals surface area contributed by atoms with Crippen molar-refractivity contribution in [2.45, 2.75) is 6.61 Å². The van der Waals surface area contributed by atoms with Crippen LogP contribution >= 0.6 is 15.9 Å². The first-order chi connectivity index (χ1) is 9.08. The van der Waals surface area contributed by atoms with Crippen LogP contribution in [0, 0.1) is 5.82 Å². The third-order valence-electron chi connectivity index (χ3n) is 2.51. The third kappa shape index (κ3) is 3.61. The fourth-order valence-electron chi connectivity index (χ4n) is 1.64. The Morgan fingerprint density at radius 2 is 2.00 bits per heavy atom. The van der Waals surface area contributed by atoms with Gasteiger partial charge >= 0.3 is 0 Å². The Morgan fingerprint density at radius 1 is 1.21 bits per heavy atom. The van der Waals surface area contributed by atoms with Crippen molar-refractivity contribution in [3.63, 3.8) is 0 Å². The minimum Gasteiger partial charge on any atom is -0.497 e. The molecule has 0 aliphatic heterocycles. The van der Waals surface area contributed by atoms with Crippen molar-refractivity contribution in [3.05, 3.63) is 52.3 Å². The first-order valence-electron chi connectivity index (χ1n) is 5.60. The standard InChI is InChI=1S/C14H13BrFNO2/c1-18-12-5-9(4-11(17)7-12)8-19-14-3-2-10(16)6-13(14)15/h2-7H,8,17H2,1H3. The molecule has 0 fully saturated rings. The van der Waals surface area contributed by atoms with Gasteiger partial charge in [0.2, 0.25) is 0 Å². The van der Waals surface area contributed by atoms with Crippen LogP contribution in [0.4, 0.5) is 10.1 Å². The smallest absolute Gasteiger partial charge is 0.134 e. The molecule has 2 rings (SSSR count). The number of hydrogen-bond donors (Lipinski definition) is 1. The SMILES string of the molecule is COc1cc(N)cc(COc2ccc(F)cc2Br)c1. The number of methoxy groups -OCH3 is 1. The zero-order chi connectivity index (χ0) is 13.8. The highest BCUT2D eigenvalue weighted by Crippen LogP contribution is 2.27. The highest BCUT2D eigenvalue weighted by atomic mass is 79.9. The lowest BCUT2D eigenvalue weighted by Gasteiger charge is -2.10. The van der Waals surface area contributed by atoms with Crippen LogP contribution in [-0.4, -0.2) is 7.11 Å². The maximum absolute atomic E-state index is 12.9. The number of ether oxygens (including phenoxy) is 2. The van der Waals surface area contributed by atoms with Crippen molar-refractivity contribution in [3.8, 4) is 11.5 Å². The fraction of sp³-hybridized carbons (Fsp3) is 0.143. The lowest BCUT2D eigenvalue weighted by Crippen LogP contribution is -1.98. The second-order valence-electron chi connectivity index (χ2n) is 3.98. The summed E-state index contributed by atoms with van der Waals surface area (Å²) < 4.78 is 24.3. The molecule has 0 aliphatic carbocycles. The number of nitrogens with two attached hydrogens (primary N) is 1. The van der Waals surface area contributed by atoms with Crippen LogP contribution in [0.5, 0.6) is 11.5 Å². The lowest BCUT2D eigenvalue weighted by atomic mass is 10.2. The number of anilines is 1. The van der Waals surface area contributed by atoms with Crippen molar-refractivity contribution in [2.24, 2.45) is 0 Å². The van der Waals surface area contributed by atoms with E-state index in [-0.39, 0.29) is 5.82 Å². The molecule has 0 saturated carbocycles. The molecular weight excluding hydrogens is 313 g/mol. The van der Waals surface area contributed by atoms with Gasteiger partial charge in [-0.1, -0.05) is 0 Å². The second-order valence-corrected chi connectivity index (χ2v) is 4.83. The molecule has 2 aromatic carbocycles. The quantitative estimate of drug-likeness (QED) is 0.870. The van der Waals surface area contributed by atoms with Gasteiger partial charge in [-0.3, -0.25) is 0 Å². The van der Waals surface area contributed by atoms with Gasteiger partial charge in [-0.25, -0.2) is 4.39 Å². The number of halogens is 2. The summed E-state index contributed by atoms with van der Waals surface area (Å²) in [5.41, 5.74) is 7.25. The number of benzene rings is 2. The van der Waals surface area contributed by atoms with E-state index in [0.29, 0.717) is 28.3 Å². The van der Waals surface area contributed by atoms with Crippen LogP contribution < -0.4 is 15.2 Å². The number of nitrogen functional groups attached to an aromatic ring is 1. The minimum atomic E-state index is -0.315. The summed E-state index contributed by atoms with van der Waals surface area (Å²) >= 11 is 3.25. The zero-order valence-corrected chi connectivity index (χ0v) is 11.9. The molecule has 2 N–H and O–H groups in total. The predicted molar refractivity (Wildman–Crippen MR) is 75.8 cm³/mol. The molecule has 0 unspecified atom stereocenters. The largest absolute Gasteiger partial charge is 0.497 e. The highest BCUT2D eigenvalue weighted by molar-refractivity contribution is 9.10. The van der Waals surface area contributed by atoms with E-state index in [1.165, 1.54) is 12.1 Å². The summed E-state index contributed by atoms with van der Waals surface area (Å²) in [5.74, 6) is 0.935. The average molecular weight is 326 g/mol. The fourth-order valence-corrected chi connectivity index (χ4v) is 2.11. The molecule has 0 aromatic heterocycles. The third-order valence-corrected chi connectivity index (χ3v) is 3.13. The molecule has 5 heteroatoms. The Labute approximate surface area is 119 Å². The summed E-state index contributed by atoms with van der Waals surface area (Å²) in [7, 11) is 1.58. The van der Waals surface area contributed by atoms with Crippen LogP contribution in [0.3, 0.4) is 0 Å². The van der Waals surface area contributed by atoms with Gasteiger partial charge in [-0.05, 0) is 51.8 Å². The monoisotopic (exact) mass is 325 g/mol. The molecule has 0 spiro atoms. The van der Waals surface area contributed by atoms with Gasteiger partial charge in [0.05, 0.1) is 11.6 Å². The van der Waals surface area contributed by atoms with Crippen LogP contribution in [0.1, 0.15) is 5.56 Å². The molecule has 2 aromatic rings. The number of hydrogen-bond acceptors (Lipinski definition) is 3. The molecule has 0 radical (unpaired) electrons. The van der Waals surface area contributed by atoms with E-state index < -0.39 is 0 Å². The topological polar surface area (TPSA) is 44.5 Å². The first-order valence-corrected chi connectivity index (χ1v) is 6.39. The molecule has 0 aliphatic rings.